The molecule has 0 fully saturated rings. The molecule has 2 aromatic rings. The third-order valence-electron chi connectivity index (χ3n) is 2.35. The average molecular weight is 346 g/mol. The van der Waals surface area contributed by atoms with Crippen LogP contribution >= 0.6 is 15.9 Å². The van der Waals surface area contributed by atoms with Crippen molar-refractivity contribution in [3.8, 4) is 11.5 Å². The smallest absolute Gasteiger partial charge is 0.420 e. The fraction of sp³-hybridized carbons (Fsp3) is 0.0769. The predicted molar refractivity (Wildman–Crippen MR) is 68.8 cm³/mol. The van der Waals surface area contributed by atoms with Gasteiger partial charge in [0.25, 0.3) is 0 Å². The minimum atomic E-state index is -4.62. The number of nitrogens with zero attached hydrogens (tertiary/aromatic N) is 1. The van der Waals surface area contributed by atoms with Crippen molar-refractivity contribution in [2.75, 3.05) is 0 Å². The first-order chi connectivity index (χ1) is 9.40. The third kappa shape index (κ3) is 3.36. The molecule has 0 unspecified atom stereocenters. The fourth-order valence-electron chi connectivity index (χ4n) is 1.51. The van der Waals surface area contributed by atoms with Crippen LogP contribution < -0.4 is 4.74 Å². The van der Waals surface area contributed by atoms with E-state index in [4.69, 9.17) is 4.74 Å². The van der Waals surface area contributed by atoms with Crippen LogP contribution in [0, 0.1) is 0 Å². The average Bonchev–Trinajstić information content (AvgIpc) is 2.38. The van der Waals surface area contributed by atoms with Crippen LogP contribution in [0.5, 0.6) is 11.5 Å². The maximum atomic E-state index is 12.9. The number of carbonyl (C=O) groups excluding carboxylic acids is 1. The molecule has 1 aromatic heterocycles. The number of ether oxygens (including phenoxy) is 1. The van der Waals surface area contributed by atoms with Crippen LogP contribution in [0.2, 0.25) is 0 Å². The van der Waals surface area contributed by atoms with Gasteiger partial charge in [-0.25, -0.2) is 0 Å². The first-order valence-electron chi connectivity index (χ1n) is 5.35. The Morgan fingerprint density at radius 3 is 2.55 bits per heavy atom. The summed E-state index contributed by atoms with van der Waals surface area (Å²) in [5.41, 5.74) is -1.08. The number of hydrogen-bond donors (Lipinski definition) is 0. The minimum absolute atomic E-state index is 0.0722. The van der Waals surface area contributed by atoms with E-state index in [9.17, 15) is 18.0 Å². The van der Waals surface area contributed by atoms with Crippen molar-refractivity contribution in [1.82, 2.24) is 4.98 Å². The Morgan fingerprint density at radius 2 is 1.95 bits per heavy atom. The van der Waals surface area contributed by atoms with Crippen LogP contribution in [0.25, 0.3) is 0 Å². The summed E-state index contributed by atoms with van der Waals surface area (Å²) < 4.78 is 44.5. The van der Waals surface area contributed by atoms with Crippen LogP contribution in [0.1, 0.15) is 15.9 Å². The zero-order valence-electron chi connectivity index (χ0n) is 9.82. The van der Waals surface area contributed by atoms with Gasteiger partial charge >= 0.3 is 6.18 Å². The Kier molecular flexibility index (Phi) is 4.08. The van der Waals surface area contributed by atoms with Gasteiger partial charge in [-0.05, 0) is 40.2 Å². The molecule has 3 nitrogen and oxygen atoms in total. The number of pyridine rings is 1. The number of hydrogen-bond acceptors (Lipinski definition) is 3. The Labute approximate surface area is 120 Å². The molecular formula is C13H7BrF3NO2. The van der Waals surface area contributed by atoms with Crippen molar-refractivity contribution in [2.45, 2.75) is 6.18 Å². The monoisotopic (exact) mass is 345 g/mol. The molecular weight excluding hydrogens is 339 g/mol. The molecule has 1 heterocycles. The van der Waals surface area contributed by atoms with E-state index in [0.717, 1.165) is 12.1 Å². The third-order valence-corrected chi connectivity index (χ3v) is 2.79. The molecule has 0 bridgehead atoms. The standard InChI is InChI=1S/C13H7BrF3NO2/c14-9-4-10(6-18-5-9)20-12-2-1-8(7-19)3-11(12)13(15,16)17/h1-7H. The van der Waals surface area contributed by atoms with Gasteiger partial charge in [0.1, 0.15) is 17.8 Å². The first-order valence-corrected chi connectivity index (χ1v) is 6.14. The van der Waals surface area contributed by atoms with E-state index in [1.54, 1.807) is 0 Å². The highest BCUT2D eigenvalue weighted by molar-refractivity contribution is 9.10. The quantitative estimate of drug-likeness (QED) is 0.770. The molecule has 0 N–H and O–H groups in total. The van der Waals surface area contributed by atoms with Crippen molar-refractivity contribution >= 4 is 22.2 Å². The number of aldehydes is 1. The van der Waals surface area contributed by atoms with Gasteiger partial charge in [-0.3, -0.25) is 9.78 Å². The summed E-state index contributed by atoms with van der Waals surface area (Å²) in [4.78, 5) is 14.4. The summed E-state index contributed by atoms with van der Waals surface area (Å²) in [5.74, 6) is -0.230. The van der Waals surface area contributed by atoms with E-state index < -0.39 is 11.7 Å². The van der Waals surface area contributed by atoms with Gasteiger partial charge in [0.15, 0.2) is 0 Å². The lowest BCUT2D eigenvalue weighted by Crippen LogP contribution is -2.08. The van der Waals surface area contributed by atoms with E-state index >= 15 is 0 Å². The van der Waals surface area contributed by atoms with Crippen molar-refractivity contribution in [3.05, 3.63) is 52.3 Å². The maximum Gasteiger partial charge on any atom is 0.420 e. The minimum Gasteiger partial charge on any atom is -0.455 e. The van der Waals surface area contributed by atoms with Gasteiger partial charge in [-0.1, -0.05) is 0 Å². The molecule has 0 aliphatic carbocycles. The van der Waals surface area contributed by atoms with Crippen LogP contribution in [-0.4, -0.2) is 11.3 Å². The lowest BCUT2D eigenvalue weighted by atomic mass is 10.1. The summed E-state index contributed by atoms with van der Waals surface area (Å²) in [6.07, 6.45) is -1.50. The van der Waals surface area contributed by atoms with Gasteiger partial charge < -0.3 is 4.74 Å². The SMILES string of the molecule is O=Cc1ccc(Oc2cncc(Br)c2)c(C(F)(F)F)c1. The van der Waals surface area contributed by atoms with Crippen LogP contribution in [0.15, 0.2) is 41.1 Å². The predicted octanol–water partition coefficient (Wildman–Crippen LogP) is 4.47. The number of aromatic nitrogens is 1. The van der Waals surface area contributed by atoms with Crippen molar-refractivity contribution in [2.24, 2.45) is 0 Å². The number of benzene rings is 1. The molecule has 0 saturated heterocycles. The summed E-state index contributed by atoms with van der Waals surface area (Å²) in [6.45, 7) is 0. The Morgan fingerprint density at radius 1 is 1.20 bits per heavy atom. The molecule has 0 saturated carbocycles. The van der Waals surface area contributed by atoms with Gasteiger partial charge in [0.2, 0.25) is 0 Å². The Bertz CT molecular complexity index is 644. The summed E-state index contributed by atoms with van der Waals surface area (Å²) in [5, 5.41) is 0. The second-order valence-corrected chi connectivity index (χ2v) is 4.73. The normalized spacial score (nSPS) is 11.2. The van der Waals surface area contributed by atoms with Gasteiger partial charge in [-0.15, -0.1) is 0 Å². The molecule has 0 aliphatic rings. The molecule has 0 radical (unpaired) electrons. The Hall–Kier alpha value is -1.89. The van der Waals surface area contributed by atoms with Crippen LogP contribution in [-0.2, 0) is 6.18 Å². The fourth-order valence-corrected chi connectivity index (χ4v) is 1.85. The zero-order chi connectivity index (χ0) is 14.8. The molecule has 0 amide bonds. The lowest BCUT2D eigenvalue weighted by Gasteiger charge is -2.14. The highest BCUT2D eigenvalue weighted by Crippen LogP contribution is 2.38. The molecule has 20 heavy (non-hydrogen) atoms. The van der Waals surface area contributed by atoms with Crippen LogP contribution in [0.4, 0.5) is 13.2 Å². The molecule has 2 rings (SSSR count). The number of halogens is 4. The van der Waals surface area contributed by atoms with Crippen molar-refractivity contribution in [1.29, 1.82) is 0 Å². The Balaban J connectivity index is 2.43. The van der Waals surface area contributed by atoms with Gasteiger partial charge in [0, 0.05) is 16.2 Å². The second kappa shape index (κ2) is 5.62. The van der Waals surface area contributed by atoms with E-state index in [0.29, 0.717) is 10.8 Å². The number of alkyl halides is 3. The molecule has 1 aromatic carbocycles. The topological polar surface area (TPSA) is 39.2 Å². The molecule has 104 valence electrons. The highest BCUT2D eigenvalue weighted by atomic mass is 79.9. The van der Waals surface area contributed by atoms with Crippen molar-refractivity contribution < 1.29 is 22.7 Å². The van der Waals surface area contributed by atoms with Gasteiger partial charge in [0.05, 0.1) is 11.8 Å². The summed E-state index contributed by atoms with van der Waals surface area (Å²) in [7, 11) is 0. The summed E-state index contributed by atoms with van der Waals surface area (Å²) in [6, 6.07) is 4.59. The molecule has 7 heteroatoms. The van der Waals surface area contributed by atoms with Gasteiger partial charge in [-0.2, -0.15) is 13.2 Å². The summed E-state index contributed by atoms with van der Waals surface area (Å²) >= 11 is 3.15. The lowest BCUT2D eigenvalue weighted by molar-refractivity contribution is -0.138. The number of carbonyl (C=O) groups is 1. The molecule has 0 aliphatic heterocycles. The second-order valence-electron chi connectivity index (χ2n) is 3.81. The van der Waals surface area contributed by atoms with E-state index in [2.05, 4.69) is 20.9 Å². The zero-order valence-corrected chi connectivity index (χ0v) is 11.4. The largest absolute Gasteiger partial charge is 0.455 e. The van der Waals surface area contributed by atoms with E-state index in [1.807, 2.05) is 0 Å². The van der Waals surface area contributed by atoms with E-state index in [1.165, 1.54) is 24.5 Å². The maximum absolute atomic E-state index is 12.9. The number of rotatable bonds is 3. The van der Waals surface area contributed by atoms with E-state index in [-0.39, 0.29) is 17.1 Å². The molecule has 0 atom stereocenters. The van der Waals surface area contributed by atoms with Crippen LogP contribution in [0.3, 0.4) is 0 Å². The highest BCUT2D eigenvalue weighted by Gasteiger charge is 2.34. The molecule has 0 spiro atoms. The van der Waals surface area contributed by atoms with Crippen molar-refractivity contribution in [3.63, 3.8) is 0 Å². The first kappa shape index (κ1) is 14.5.